The number of aryl methyl sites for hydroxylation is 1. The summed E-state index contributed by atoms with van der Waals surface area (Å²) >= 11 is 0. The van der Waals surface area contributed by atoms with E-state index >= 15 is 0 Å². The minimum absolute atomic E-state index is 0.116. The van der Waals surface area contributed by atoms with Crippen molar-refractivity contribution < 1.29 is 14.0 Å². The zero-order valence-corrected chi connectivity index (χ0v) is 11.8. The van der Waals surface area contributed by atoms with Gasteiger partial charge in [-0.3, -0.25) is 9.59 Å². The lowest BCUT2D eigenvalue weighted by molar-refractivity contribution is -0.114. The van der Waals surface area contributed by atoms with Crippen LogP contribution >= 0.6 is 0 Å². The third kappa shape index (κ3) is 4.35. The van der Waals surface area contributed by atoms with Gasteiger partial charge in [-0.2, -0.15) is 0 Å². The Morgan fingerprint density at radius 1 is 1.05 bits per heavy atom. The second kappa shape index (κ2) is 6.56. The van der Waals surface area contributed by atoms with Crippen LogP contribution in [-0.2, 0) is 4.79 Å². The fourth-order valence-corrected chi connectivity index (χ4v) is 1.72. The molecule has 0 radical (unpaired) electrons. The van der Waals surface area contributed by atoms with Crippen LogP contribution in [0.4, 0.5) is 11.4 Å². The molecule has 2 rings (SSSR count). The number of nitrogens with one attached hydrogen (secondary N) is 2. The number of ketones is 1. The number of carbonyl (C=O) groups is 2. The van der Waals surface area contributed by atoms with E-state index in [1.807, 2.05) is 0 Å². The summed E-state index contributed by atoms with van der Waals surface area (Å²) in [4.78, 5) is 22.7. The van der Waals surface area contributed by atoms with Gasteiger partial charge in [0.1, 0.15) is 5.76 Å². The lowest BCUT2D eigenvalue weighted by Crippen LogP contribution is -2.05. The molecule has 1 heterocycles. The Morgan fingerprint density at radius 2 is 1.71 bits per heavy atom. The van der Waals surface area contributed by atoms with Gasteiger partial charge in [-0.05, 0) is 43.3 Å². The van der Waals surface area contributed by atoms with Crippen LogP contribution in [-0.4, -0.2) is 11.7 Å². The predicted molar refractivity (Wildman–Crippen MR) is 81.3 cm³/mol. The van der Waals surface area contributed by atoms with Gasteiger partial charge in [0.15, 0.2) is 5.76 Å². The van der Waals surface area contributed by atoms with E-state index in [2.05, 4.69) is 10.6 Å². The van der Waals surface area contributed by atoms with E-state index in [0.717, 1.165) is 11.4 Å². The zero-order chi connectivity index (χ0) is 15.2. The Balaban J connectivity index is 1.91. The molecule has 0 aliphatic heterocycles. The number of hydrogen-bond acceptors (Lipinski definition) is 4. The fraction of sp³-hybridized carbons (Fsp3) is 0.125. The van der Waals surface area contributed by atoms with E-state index in [1.54, 1.807) is 49.5 Å². The highest BCUT2D eigenvalue weighted by molar-refractivity contribution is 6.02. The summed E-state index contributed by atoms with van der Waals surface area (Å²) in [5, 5.41) is 5.66. The van der Waals surface area contributed by atoms with Crippen LogP contribution in [0, 0.1) is 6.92 Å². The van der Waals surface area contributed by atoms with Crippen LogP contribution in [0.25, 0.3) is 0 Å². The van der Waals surface area contributed by atoms with Crippen molar-refractivity contribution in [3.05, 3.63) is 60.2 Å². The van der Waals surface area contributed by atoms with Gasteiger partial charge in [0.25, 0.3) is 0 Å². The van der Waals surface area contributed by atoms with Crippen molar-refractivity contribution in [2.24, 2.45) is 0 Å². The van der Waals surface area contributed by atoms with Gasteiger partial charge < -0.3 is 15.1 Å². The zero-order valence-electron chi connectivity index (χ0n) is 11.8. The molecule has 1 aromatic heterocycles. The average molecular weight is 284 g/mol. The van der Waals surface area contributed by atoms with Crippen LogP contribution in [0.15, 0.2) is 53.1 Å². The SMILES string of the molecule is CC(=O)Nc1ccc(N/C=C/C(=O)c2ccc(C)o2)cc1. The Bertz CT molecular complexity index is 669. The highest BCUT2D eigenvalue weighted by Crippen LogP contribution is 2.13. The van der Waals surface area contributed by atoms with Gasteiger partial charge >= 0.3 is 0 Å². The first-order valence-electron chi connectivity index (χ1n) is 6.46. The van der Waals surface area contributed by atoms with Crippen LogP contribution in [0.1, 0.15) is 23.2 Å². The van der Waals surface area contributed by atoms with E-state index in [-0.39, 0.29) is 11.7 Å². The summed E-state index contributed by atoms with van der Waals surface area (Å²) in [5.41, 5.74) is 1.53. The highest BCUT2D eigenvalue weighted by atomic mass is 16.3. The number of benzene rings is 1. The molecule has 108 valence electrons. The fourth-order valence-electron chi connectivity index (χ4n) is 1.72. The van der Waals surface area contributed by atoms with Crippen LogP contribution in [0.5, 0.6) is 0 Å². The van der Waals surface area contributed by atoms with Gasteiger partial charge in [0, 0.05) is 30.6 Å². The molecule has 1 aromatic carbocycles. The molecule has 2 N–H and O–H groups in total. The molecule has 1 amide bonds. The molecule has 0 unspecified atom stereocenters. The largest absolute Gasteiger partial charge is 0.458 e. The van der Waals surface area contributed by atoms with E-state index in [9.17, 15) is 9.59 Å². The smallest absolute Gasteiger partial charge is 0.222 e. The third-order valence-electron chi connectivity index (χ3n) is 2.67. The molecule has 0 spiro atoms. The lowest BCUT2D eigenvalue weighted by atomic mass is 10.2. The van der Waals surface area contributed by atoms with Gasteiger partial charge in [-0.1, -0.05) is 0 Å². The second-order valence-electron chi connectivity index (χ2n) is 4.51. The van der Waals surface area contributed by atoms with E-state index in [1.165, 1.54) is 13.0 Å². The van der Waals surface area contributed by atoms with Crippen molar-refractivity contribution in [3.63, 3.8) is 0 Å². The second-order valence-corrected chi connectivity index (χ2v) is 4.51. The maximum Gasteiger partial charge on any atom is 0.222 e. The minimum atomic E-state index is -0.203. The van der Waals surface area contributed by atoms with Crippen molar-refractivity contribution >= 4 is 23.1 Å². The normalized spacial score (nSPS) is 10.6. The maximum atomic E-state index is 11.8. The average Bonchev–Trinajstić information content (AvgIpc) is 2.87. The molecular formula is C16H16N2O3. The van der Waals surface area contributed by atoms with Crippen molar-refractivity contribution in [1.82, 2.24) is 0 Å². The number of allylic oxidation sites excluding steroid dienone is 1. The molecule has 0 aliphatic carbocycles. The lowest BCUT2D eigenvalue weighted by Gasteiger charge is -2.04. The maximum absolute atomic E-state index is 11.8. The van der Waals surface area contributed by atoms with Gasteiger partial charge in [-0.25, -0.2) is 0 Å². The molecule has 5 heteroatoms. The van der Waals surface area contributed by atoms with Crippen molar-refractivity contribution in [1.29, 1.82) is 0 Å². The van der Waals surface area contributed by atoms with Gasteiger partial charge in [0.2, 0.25) is 11.7 Å². The summed E-state index contributed by atoms with van der Waals surface area (Å²) in [6.45, 7) is 3.24. The van der Waals surface area contributed by atoms with Crippen molar-refractivity contribution in [3.8, 4) is 0 Å². The molecule has 2 aromatic rings. The quantitative estimate of drug-likeness (QED) is 0.652. The number of hydrogen-bond donors (Lipinski definition) is 2. The summed E-state index contributed by atoms with van der Waals surface area (Å²) in [7, 11) is 0. The number of carbonyl (C=O) groups excluding carboxylic acids is 2. The Hall–Kier alpha value is -2.82. The predicted octanol–water partition coefficient (Wildman–Crippen LogP) is 3.35. The summed E-state index contributed by atoms with van der Waals surface area (Å²) in [6, 6.07) is 10.5. The first-order chi connectivity index (χ1) is 10.0. The van der Waals surface area contributed by atoms with E-state index < -0.39 is 0 Å². The topological polar surface area (TPSA) is 71.3 Å². The minimum Gasteiger partial charge on any atom is -0.458 e. The van der Waals surface area contributed by atoms with Crippen LogP contribution in [0.2, 0.25) is 0 Å². The Morgan fingerprint density at radius 3 is 2.29 bits per heavy atom. The Labute approximate surface area is 122 Å². The first-order valence-corrected chi connectivity index (χ1v) is 6.46. The van der Waals surface area contributed by atoms with Gasteiger partial charge in [-0.15, -0.1) is 0 Å². The number of rotatable bonds is 5. The van der Waals surface area contributed by atoms with Crippen molar-refractivity contribution in [2.75, 3.05) is 10.6 Å². The molecule has 0 bridgehead atoms. The number of anilines is 2. The molecule has 0 aliphatic rings. The number of amides is 1. The third-order valence-corrected chi connectivity index (χ3v) is 2.67. The monoisotopic (exact) mass is 284 g/mol. The number of furan rings is 1. The molecule has 0 atom stereocenters. The molecule has 0 fully saturated rings. The molecular weight excluding hydrogens is 268 g/mol. The first kappa shape index (κ1) is 14.6. The standard InChI is InChI=1S/C16H16N2O3/c1-11-3-8-16(21-11)15(20)9-10-17-13-4-6-14(7-5-13)18-12(2)19/h3-10,17H,1-2H3,(H,18,19)/b10-9+. The summed E-state index contributed by atoms with van der Waals surface area (Å²) in [5.74, 6) is 0.695. The van der Waals surface area contributed by atoms with Crippen molar-refractivity contribution in [2.45, 2.75) is 13.8 Å². The van der Waals surface area contributed by atoms with Crippen LogP contribution in [0.3, 0.4) is 0 Å². The van der Waals surface area contributed by atoms with Crippen LogP contribution < -0.4 is 10.6 Å². The molecule has 21 heavy (non-hydrogen) atoms. The molecule has 0 saturated carbocycles. The van der Waals surface area contributed by atoms with E-state index in [0.29, 0.717) is 11.5 Å². The molecule has 5 nitrogen and oxygen atoms in total. The summed E-state index contributed by atoms with van der Waals surface area (Å²) in [6.07, 6.45) is 2.95. The Kier molecular flexibility index (Phi) is 4.56. The molecule has 0 saturated heterocycles. The summed E-state index contributed by atoms with van der Waals surface area (Å²) < 4.78 is 5.23. The highest BCUT2D eigenvalue weighted by Gasteiger charge is 2.05. The van der Waals surface area contributed by atoms with E-state index in [4.69, 9.17) is 4.42 Å². The van der Waals surface area contributed by atoms with Gasteiger partial charge in [0.05, 0.1) is 0 Å².